The van der Waals surface area contributed by atoms with Gasteiger partial charge in [-0.1, -0.05) is 31.5 Å². The molecule has 0 aliphatic heterocycles. The molecule has 2 N–H and O–H groups in total. The van der Waals surface area contributed by atoms with Crippen LogP contribution in [0.15, 0.2) is 18.2 Å². The normalized spacial score (nSPS) is 13.0. The smallest absolute Gasteiger partial charge is 0.134 e. The van der Waals surface area contributed by atoms with E-state index in [1.807, 2.05) is 6.07 Å². The number of benzene rings is 1. The number of aromatic hydroxyl groups is 1. The minimum atomic E-state index is 0.142. The molecule has 1 aromatic rings. The predicted octanol–water partition coefficient (Wildman–Crippen LogP) is 3.96. The molecule has 0 aromatic heterocycles. The Labute approximate surface area is 109 Å². The molecule has 0 aliphatic rings. The zero-order valence-electron chi connectivity index (χ0n) is 10.8. The summed E-state index contributed by atoms with van der Waals surface area (Å²) in [7, 11) is 0. The lowest BCUT2D eigenvalue weighted by Gasteiger charge is -2.15. The van der Waals surface area contributed by atoms with Gasteiger partial charge in [0.05, 0.1) is 5.02 Å². The van der Waals surface area contributed by atoms with E-state index in [1.54, 1.807) is 12.1 Å². The van der Waals surface area contributed by atoms with Crippen molar-refractivity contribution >= 4 is 11.6 Å². The summed E-state index contributed by atoms with van der Waals surface area (Å²) in [6, 6.07) is 5.84. The Balaban J connectivity index is 2.36. The van der Waals surface area contributed by atoms with E-state index in [9.17, 15) is 5.11 Å². The third kappa shape index (κ3) is 5.42. The van der Waals surface area contributed by atoms with Crippen LogP contribution in [-0.2, 0) is 6.54 Å². The fourth-order valence-electron chi connectivity index (χ4n) is 1.64. The van der Waals surface area contributed by atoms with E-state index in [0.717, 1.165) is 18.0 Å². The van der Waals surface area contributed by atoms with Gasteiger partial charge in [0.15, 0.2) is 0 Å². The molecule has 3 heteroatoms. The molecule has 17 heavy (non-hydrogen) atoms. The number of phenols is 1. The van der Waals surface area contributed by atoms with Gasteiger partial charge in [0, 0.05) is 12.6 Å². The SMILES string of the molecule is CC(C)CCC(C)NCc1ccc(O)c(Cl)c1. The number of hydrogen-bond acceptors (Lipinski definition) is 2. The van der Waals surface area contributed by atoms with E-state index in [1.165, 1.54) is 12.8 Å². The summed E-state index contributed by atoms with van der Waals surface area (Å²) in [6.07, 6.45) is 2.42. The summed E-state index contributed by atoms with van der Waals surface area (Å²) in [4.78, 5) is 0. The number of halogens is 1. The molecule has 0 heterocycles. The van der Waals surface area contributed by atoms with Crippen LogP contribution in [-0.4, -0.2) is 11.1 Å². The summed E-state index contributed by atoms with van der Waals surface area (Å²) >= 11 is 5.85. The fraction of sp³-hybridized carbons (Fsp3) is 0.571. The molecule has 0 aliphatic carbocycles. The Morgan fingerprint density at radius 2 is 1.94 bits per heavy atom. The van der Waals surface area contributed by atoms with Crippen LogP contribution in [0, 0.1) is 5.92 Å². The molecule has 0 radical (unpaired) electrons. The maximum absolute atomic E-state index is 9.31. The van der Waals surface area contributed by atoms with E-state index in [-0.39, 0.29) is 5.75 Å². The van der Waals surface area contributed by atoms with Gasteiger partial charge in [0.25, 0.3) is 0 Å². The standard InChI is InChI=1S/C14H22ClNO/c1-10(2)4-5-11(3)16-9-12-6-7-14(17)13(15)8-12/h6-8,10-11,16-17H,4-5,9H2,1-3H3. The summed E-state index contributed by atoms with van der Waals surface area (Å²) in [6.45, 7) is 7.47. The van der Waals surface area contributed by atoms with Gasteiger partial charge in [-0.15, -0.1) is 0 Å². The molecule has 0 saturated heterocycles. The summed E-state index contributed by atoms with van der Waals surface area (Å²) in [5.41, 5.74) is 1.10. The summed E-state index contributed by atoms with van der Waals surface area (Å²) < 4.78 is 0. The second kappa shape index (κ2) is 6.87. The van der Waals surface area contributed by atoms with E-state index in [4.69, 9.17) is 11.6 Å². The Kier molecular flexibility index (Phi) is 5.79. The Hall–Kier alpha value is -0.730. The highest BCUT2D eigenvalue weighted by Crippen LogP contribution is 2.23. The Morgan fingerprint density at radius 3 is 2.53 bits per heavy atom. The van der Waals surface area contributed by atoms with Crippen molar-refractivity contribution in [2.24, 2.45) is 5.92 Å². The van der Waals surface area contributed by atoms with E-state index < -0.39 is 0 Å². The van der Waals surface area contributed by atoms with Gasteiger partial charge in [-0.2, -0.15) is 0 Å². The molecular formula is C14H22ClNO. The number of nitrogens with one attached hydrogen (secondary N) is 1. The molecule has 2 nitrogen and oxygen atoms in total. The van der Waals surface area contributed by atoms with Crippen LogP contribution < -0.4 is 5.32 Å². The van der Waals surface area contributed by atoms with Gasteiger partial charge in [-0.25, -0.2) is 0 Å². The second-order valence-electron chi connectivity index (χ2n) is 5.04. The van der Waals surface area contributed by atoms with Crippen LogP contribution in [0.3, 0.4) is 0 Å². The molecule has 1 unspecified atom stereocenters. The molecule has 96 valence electrons. The zero-order valence-corrected chi connectivity index (χ0v) is 11.6. The van der Waals surface area contributed by atoms with Crippen LogP contribution in [0.2, 0.25) is 5.02 Å². The van der Waals surface area contributed by atoms with E-state index >= 15 is 0 Å². The van der Waals surface area contributed by atoms with Crippen molar-refractivity contribution in [3.8, 4) is 5.75 Å². The van der Waals surface area contributed by atoms with Crippen LogP contribution in [0.1, 0.15) is 39.2 Å². The van der Waals surface area contributed by atoms with Gasteiger partial charge in [0.2, 0.25) is 0 Å². The molecule has 0 amide bonds. The largest absolute Gasteiger partial charge is 0.506 e. The van der Waals surface area contributed by atoms with E-state index in [0.29, 0.717) is 11.1 Å². The second-order valence-corrected chi connectivity index (χ2v) is 5.45. The lowest BCUT2D eigenvalue weighted by atomic mass is 10.0. The number of rotatable bonds is 6. The van der Waals surface area contributed by atoms with Crippen molar-refractivity contribution < 1.29 is 5.11 Å². The minimum Gasteiger partial charge on any atom is -0.506 e. The van der Waals surface area contributed by atoms with Gasteiger partial charge in [0.1, 0.15) is 5.75 Å². The highest BCUT2D eigenvalue weighted by molar-refractivity contribution is 6.32. The number of hydrogen-bond donors (Lipinski definition) is 2. The van der Waals surface area contributed by atoms with Crippen molar-refractivity contribution in [3.63, 3.8) is 0 Å². The molecular weight excluding hydrogens is 234 g/mol. The molecule has 0 fully saturated rings. The third-order valence-corrected chi connectivity index (χ3v) is 3.15. The van der Waals surface area contributed by atoms with Gasteiger partial charge in [-0.3, -0.25) is 0 Å². The molecule has 1 aromatic carbocycles. The first-order valence-electron chi connectivity index (χ1n) is 6.19. The zero-order chi connectivity index (χ0) is 12.8. The predicted molar refractivity (Wildman–Crippen MR) is 73.5 cm³/mol. The van der Waals surface area contributed by atoms with Gasteiger partial charge < -0.3 is 10.4 Å². The van der Waals surface area contributed by atoms with Crippen molar-refractivity contribution in [2.45, 2.75) is 46.2 Å². The van der Waals surface area contributed by atoms with Crippen LogP contribution in [0.5, 0.6) is 5.75 Å². The highest BCUT2D eigenvalue weighted by Gasteiger charge is 2.04. The lowest BCUT2D eigenvalue weighted by molar-refractivity contribution is 0.450. The topological polar surface area (TPSA) is 32.3 Å². The average Bonchev–Trinajstić information content (AvgIpc) is 2.28. The Bertz CT molecular complexity index is 352. The Morgan fingerprint density at radius 1 is 1.24 bits per heavy atom. The van der Waals surface area contributed by atoms with Gasteiger partial charge in [-0.05, 0) is 43.4 Å². The molecule has 0 saturated carbocycles. The lowest BCUT2D eigenvalue weighted by Crippen LogP contribution is -2.25. The number of phenolic OH excluding ortho intramolecular Hbond substituents is 1. The monoisotopic (exact) mass is 255 g/mol. The minimum absolute atomic E-state index is 0.142. The molecule has 0 bridgehead atoms. The summed E-state index contributed by atoms with van der Waals surface area (Å²) in [5.74, 6) is 0.894. The van der Waals surface area contributed by atoms with Crippen LogP contribution in [0.4, 0.5) is 0 Å². The van der Waals surface area contributed by atoms with Crippen molar-refractivity contribution in [3.05, 3.63) is 28.8 Å². The first-order chi connectivity index (χ1) is 7.99. The first kappa shape index (κ1) is 14.3. The van der Waals surface area contributed by atoms with Crippen molar-refractivity contribution in [1.82, 2.24) is 5.32 Å². The quantitative estimate of drug-likeness (QED) is 0.807. The maximum Gasteiger partial charge on any atom is 0.134 e. The van der Waals surface area contributed by atoms with Crippen LogP contribution in [0.25, 0.3) is 0 Å². The average molecular weight is 256 g/mol. The van der Waals surface area contributed by atoms with Crippen LogP contribution >= 0.6 is 11.6 Å². The van der Waals surface area contributed by atoms with Gasteiger partial charge >= 0.3 is 0 Å². The maximum atomic E-state index is 9.31. The van der Waals surface area contributed by atoms with E-state index in [2.05, 4.69) is 26.1 Å². The highest BCUT2D eigenvalue weighted by atomic mass is 35.5. The molecule has 1 rings (SSSR count). The molecule has 1 atom stereocenters. The summed E-state index contributed by atoms with van der Waals surface area (Å²) in [5, 5.41) is 13.2. The van der Waals surface area contributed by atoms with Crippen molar-refractivity contribution in [1.29, 1.82) is 0 Å². The van der Waals surface area contributed by atoms with Crippen molar-refractivity contribution in [2.75, 3.05) is 0 Å². The first-order valence-corrected chi connectivity index (χ1v) is 6.57. The third-order valence-electron chi connectivity index (χ3n) is 2.84. The molecule has 0 spiro atoms. The fourth-order valence-corrected chi connectivity index (χ4v) is 1.84.